The van der Waals surface area contributed by atoms with Gasteiger partial charge in [0.15, 0.2) is 6.61 Å². The van der Waals surface area contributed by atoms with Gasteiger partial charge >= 0.3 is 0 Å². The number of hydrogen-bond acceptors (Lipinski definition) is 6. The highest BCUT2D eigenvalue weighted by Crippen LogP contribution is 2.37. The Morgan fingerprint density at radius 1 is 1.13 bits per heavy atom. The number of carbonyl (C=O) groups excluding carboxylic acids is 1. The lowest BCUT2D eigenvalue weighted by atomic mass is 9.99. The summed E-state index contributed by atoms with van der Waals surface area (Å²) in [7, 11) is 1.63. The van der Waals surface area contributed by atoms with Gasteiger partial charge < -0.3 is 20.1 Å². The van der Waals surface area contributed by atoms with Crippen molar-refractivity contribution in [3.8, 4) is 22.6 Å². The predicted octanol–water partition coefficient (Wildman–Crippen LogP) is 3.48. The average molecular weight is 404 g/mol. The van der Waals surface area contributed by atoms with Gasteiger partial charge in [0.25, 0.3) is 5.91 Å². The van der Waals surface area contributed by atoms with Crippen molar-refractivity contribution < 1.29 is 14.3 Å². The second-order valence-corrected chi connectivity index (χ2v) is 7.10. The number of ether oxygens (including phenoxy) is 2. The van der Waals surface area contributed by atoms with Crippen molar-refractivity contribution in [2.24, 2.45) is 0 Å². The first-order valence-corrected chi connectivity index (χ1v) is 9.90. The smallest absolute Gasteiger partial charge is 0.261 e. The van der Waals surface area contributed by atoms with Crippen LogP contribution in [-0.4, -0.2) is 41.0 Å². The molecule has 1 aliphatic heterocycles. The molecule has 0 spiro atoms. The molecular weight excluding hydrogens is 380 g/mol. The normalized spacial score (nSPS) is 15.8. The zero-order chi connectivity index (χ0) is 20.9. The van der Waals surface area contributed by atoms with Crippen LogP contribution in [0.5, 0.6) is 11.5 Å². The molecule has 3 aromatic rings. The van der Waals surface area contributed by atoms with Crippen LogP contribution in [0.2, 0.25) is 0 Å². The SMILES string of the molecule is COc1ccc(-c2cnc(N)nc2C2CCCN2C(=O)COc2ccccc2)cc1. The van der Waals surface area contributed by atoms with Crippen LogP contribution in [0.15, 0.2) is 60.8 Å². The van der Waals surface area contributed by atoms with Crippen LogP contribution in [0.4, 0.5) is 5.95 Å². The van der Waals surface area contributed by atoms with Gasteiger partial charge in [-0.15, -0.1) is 0 Å². The third-order valence-corrected chi connectivity index (χ3v) is 5.23. The van der Waals surface area contributed by atoms with Crippen molar-refractivity contribution in [3.63, 3.8) is 0 Å². The van der Waals surface area contributed by atoms with Gasteiger partial charge in [-0.25, -0.2) is 9.97 Å². The summed E-state index contributed by atoms with van der Waals surface area (Å²) >= 11 is 0. The van der Waals surface area contributed by atoms with Gasteiger partial charge in [-0.1, -0.05) is 30.3 Å². The van der Waals surface area contributed by atoms with E-state index in [0.717, 1.165) is 35.4 Å². The van der Waals surface area contributed by atoms with Crippen LogP contribution in [0.1, 0.15) is 24.6 Å². The van der Waals surface area contributed by atoms with E-state index in [1.807, 2.05) is 59.5 Å². The van der Waals surface area contributed by atoms with E-state index in [1.165, 1.54) is 0 Å². The number of para-hydroxylation sites is 1. The first-order chi connectivity index (χ1) is 14.7. The van der Waals surface area contributed by atoms with Crippen LogP contribution < -0.4 is 15.2 Å². The maximum atomic E-state index is 12.9. The Kier molecular flexibility index (Phi) is 5.79. The summed E-state index contributed by atoms with van der Waals surface area (Å²) in [6, 6.07) is 16.9. The molecular formula is C23H24N4O3. The summed E-state index contributed by atoms with van der Waals surface area (Å²) in [5, 5.41) is 0. The molecule has 0 bridgehead atoms. The molecule has 0 radical (unpaired) electrons. The van der Waals surface area contributed by atoms with E-state index >= 15 is 0 Å². The van der Waals surface area contributed by atoms with Gasteiger partial charge in [0.2, 0.25) is 5.95 Å². The molecule has 0 saturated carbocycles. The minimum atomic E-state index is -0.167. The van der Waals surface area contributed by atoms with Crippen LogP contribution in [0, 0.1) is 0 Å². The topological polar surface area (TPSA) is 90.6 Å². The zero-order valence-corrected chi connectivity index (χ0v) is 16.8. The summed E-state index contributed by atoms with van der Waals surface area (Å²) in [5.74, 6) is 1.57. The highest BCUT2D eigenvalue weighted by Gasteiger charge is 2.33. The number of methoxy groups -OCH3 is 1. The standard InChI is InChI=1S/C23H24N4O3/c1-29-17-11-9-16(10-12-17)19-14-25-23(24)26-22(19)20-8-5-13-27(20)21(28)15-30-18-6-3-2-4-7-18/h2-4,6-7,9-12,14,20H,5,8,13,15H2,1H3,(H2,24,25,26). The Morgan fingerprint density at radius 2 is 1.90 bits per heavy atom. The molecule has 1 aliphatic rings. The highest BCUT2D eigenvalue weighted by molar-refractivity contribution is 5.79. The molecule has 1 amide bonds. The second-order valence-electron chi connectivity index (χ2n) is 7.10. The molecule has 154 valence electrons. The van der Waals surface area contributed by atoms with E-state index in [4.69, 9.17) is 15.2 Å². The number of likely N-dealkylation sites (tertiary alicyclic amines) is 1. The molecule has 1 aromatic heterocycles. The van der Waals surface area contributed by atoms with Gasteiger partial charge in [0.1, 0.15) is 11.5 Å². The van der Waals surface area contributed by atoms with E-state index in [2.05, 4.69) is 9.97 Å². The first kappa shape index (κ1) is 19.7. The number of hydrogen-bond donors (Lipinski definition) is 1. The molecule has 7 heteroatoms. The summed E-state index contributed by atoms with van der Waals surface area (Å²) in [6.07, 6.45) is 3.44. The maximum absolute atomic E-state index is 12.9. The zero-order valence-electron chi connectivity index (χ0n) is 16.8. The quantitative estimate of drug-likeness (QED) is 0.676. The van der Waals surface area contributed by atoms with Gasteiger partial charge in [0, 0.05) is 18.3 Å². The van der Waals surface area contributed by atoms with Gasteiger partial charge in [-0.3, -0.25) is 4.79 Å². The van der Waals surface area contributed by atoms with Crippen molar-refractivity contribution in [3.05, 3.63) is 66.5 Å². The Bertz CT molecular complexity index is 1010. The summed E-state index contributed by atoms with van der Waals surface area (Å²) in [4.78, 5) is 23.5. The van der Waals surface area contributed by atoms with Crippen molar-refractivity contribution in [1.82, 2.24) is 14.9 Å². The van der Waals surface area contributed by atoms with Gasteiger partial charge in [0.05, 0.1) is 18.8 Å². The maximum Gasteiger partial charge on any atom is 0.261 e. The fraction of sp³-hybridized carbons (Fsp3) is 0.261. The molecule has 30 heavy (non-hydrogen) atoms. The average Bonchev–Trinajstić information content (AvgIpc) is 3.28. The van der Waals surface area contributed by atoms with Crippen LogP contribution in [0.25, 0.3) is 11.1 Å². The number of nitrogens with two attached hydrogens (primary N) is 1. The second kappa shape index (κ2) is 8.82. The van der Waals surface area contributed by atoms with E-state index in [0.29, 0.717) is 12.3 Å². The molecule has 2 heterocycles. The molecule has 0 aliphatic carbocycles. The number of benzene rings is 2. The minimum absolute atomic E-state index is 0.0149. The molecule has 1 fully saturated rings. The van der Waals surface area contributed by atoms with Crippen molar-refractivity contribution in [2.45, 2.75) is 18.9 Å². The molecule has 1 atom stereocenters. The molecule has 7 nitrogen and oxygen atoms in total. The van der Waals surface area contributed by atoms with E-state index in [9.17, 15) is 4.79 Å². The number of nitrogens with zero attached hydrogens (tertiary/aromatic N) is 3. The molecule has 1 unspecified atom stereocenters. The van der Waals surface area contributed by atoms with Crippen molar-refractivity contribution in [1.29, 1.82) is 0 Å². The number of rotatable bonds is 6. The Balaban J connectivity index is 1.58. The number of nitrogen functional groups attached to an aromatic ring is 1. The van der Waals surface area contributed by atoms with E-state index in [-0.39, 0.29) is 24.5 Å². The summed E-state index contributed by atoms with van der Waals surface area (Å²) in [6.45, 7) is 0.645. The molecule has 2 N–H and O–H groups in total. The van der Waals surface area contributed by atoms with Gasteiger partial charge in [-0.2, -0.15) is 0 Å². The van der Waals surface area contributed by atoms with Crippen molar-refractivity contribution >= 4 is 11.9 Å². The van der Waals surface area contributed by atoms with E-state index < -0.39 is 0 Å². The Labute approximate surface area is 175 Å². The predicted molar refractivity (Wildman–Crippen MR) is 114 cm³/mol. The number of anilines is 1. The molecule has 1 saturated heterocycles. The fourth-order valence-corrected chi connectivity index (χ4v) is 3.75. The lowest BCUT2D eigenvalue weighted by molar-refractivity contribution is -0.134. The Morgan fingerprint density at radius 3 is 2.63 bits per heavy atom. The number of amides is 1. The lowest BCUT2D eigenvalue weighted by Gasteiger charge is -2.26. The minimum Gasteiger partial charge on any atom is -0.497 e. The van der Waals surface area contributed by atoms with E-state index in [1.54, 1.807) is 13.3 Å². The third kappa shape index (κ3) is 4.20. The third-order valence-electron chi connectivity index (χ3n) is 5.23. The summed E-state index contributed by atoms with van der Waals surface area (Å²) < 4.78 is 10.9. The fourth-order valence-electron chi connectivity index (χ4n) is 3.75. The lowest BCUT2D eigenvalue weighted by Crippen LogP contribution is -2.35. The van der Waals surface area contributed by atoms with Gasteiger partial charge in [-0.05, 0) is 42.7 Å². The molecule has 2 aromatic carbocycles. The first-order valence-electron chi connectivity index (χ1n) is 9.90. The monoisotopic (exact) mass is 404 g/mol. The molecule has 4 rings (SSSR count). The van der Waals surface area contributed by atoms with Crippen LogP contribution in [-0.2, 0) is 4.79 Å². The largest absolute Gasteiger partial charge is 0.497 e. The number of aromatic nitrogens is 2. The van der Waals surface area contributed by atoms with Crippen LogP contribution >= 0.6 is 0 Å². The highest BCUT2D eigenvalue weighted by atomic mass is 16.5. The Hall–Kier alpha value is -3.61. The summed E-state index contributed by atoms with van der Waals surface area (Å²) in [5.41, 5.74) is 8.48. The number of carbonyl (C=O) groups is 1. The van der Waals surface area contributed by atoms with Crippen molar-refractivity contribution in [2.75, 3.05) is 26.0 Å². The van der Waals surface area contributed by atoms with Crippen LogP contribution in [0.3, 0.4) is 0 Å².